The predicted octanol–water partition coefficient (Wildman–Crippen LogP) is 4.45. The van der Waals surface area contributed by atoms with E-state index < -0.39 is 5.82 Å². The summed E-state index contributed by atoms with van der Waals surface area (Å²) in [5.74, 6) is -0.195. The maximum absolute atomic E-state index is 13.3. The molecule has 0 saturated heterocycles. The second kappa shape index (κ2) is 5.43. The maximum Gasteiger partial charge on any atom is 0.160 e. The van der Waals surface area contributed by atoms with Crippen LogP contribution in [0.5, 0.6) is 0 Å². The molecule has 2 rings (SSSR count). The van der Waals surface area contributed by atoms with Crippen molar-refractivity contribution in [1.82, 2.24) is 4.98 Å². The van der Waals surface area contributed by atoms with Crippen molar-refractivity contribution in [2.24, 2.45) is 0 Å². The predicted molar refractivity (Wildman–Crippen MR) is 73.4 cm³/mol. The van der Waals surface area contributed by atoms with E-state index in [1.54, 1.807) is 19.1 Å². The van der Waals surface area contributed by atoms with Crippen LogP contribution in [0.4, 0.5) is 15.9 Å². The van der Waals surface area contributed by atoms with E-state index in [0.29, 0.717) is 22.8 Å². The molecule has 3 nitrogen and oxygen atoms in total. The summed E-state index contributed by atoms with van der Waals surface area (Å²) in [6.07, 6.45) is 0. The van der Waals surface area contributed by atoms with E-state index in [1.165, 1.54) is 12.1 Å². The van der Waals surface area contributed by atoms with Gasteiger partial charge < -0.3 is 5.32 Å². The molecule has 0 unspecified atom stereocenters. The van der Waals surface area contributed by atoms with Crippen molar-refractivity contribution in [3.8, 4) is 6.07 Å². The molecule has 1 aromatic heterocycles. The molecule has 0 aliphatic rings. The third-order valence-corrected chi connectivity index (χ3v) is 2.89. The van der Waals surface area contributed by atoms with Crippen LogP contribution < -0.4 is 5.32 Å². The topological polar surface area (TPSA) is 48.7 Å². The van der Waals surface area contributed by atoms with E-state index in [2.05, 4.69) is 10.3 Å². The van der Waals surface area contributed by atoms with Crippen LogP contribution in [0.25, 0.3) is 0 Å². The number of hydrogen-bond acceptors (Lipinski definition) is 3. The fourth-order valence-corrected chi connectivity index (χ4v) is 2.06. The molecule has 0 atom stereocenters. The lowest BCUT2D eigenvalue weighted by atomic mass is 10.2. The molecule has 0 aliphatic heterocycles. The molecule has 2 aromatic rings. The van der Waals surface area contributed by atoms with Gasteiger partial charge in [-0.3, -0.25) is 0 Å². The van der Waals surface area contributed by atoms with Crippen LogP contribution in [0.1, 0.15) is 11.3 Å². The van der Waals surface area contributed by atoms with Crippen molar-refractivity contribution in [3.63, 3.8) is 0 Å². The van der Waals surface area contributed by atoms with Gasteiger partial charge in [0.05, 0.1) is 21.7 Å². The molecule has 0 radical (unpaired) electrons. The summed E-state index contributed by atoms with van der Waals surface area (Å²) in [6.45, 7) is 1.77. The van der Waals surface area contributed by atoms with Crippen LogP contribution in [-0.4, -0.2) is 4.98 Å². The van der Waals surface area contributed by atoms with Gasteiger partial charge in [0.2, 0.25) is 0 Å². The first kappa shape index (κ1) is 13.6. The van der Waals surface area contributed by atoms with Gasteiger partial charge in [0, 0.05) is 11.4 Å². The van der Waals surface area contributed by atoms with E-state index in [1.807, 2.05) is 6.07 Å². The first-order valence-corrected chi connectivity index (χ1v) is 6.05. The Morgan fingerprint density at radius 1 is 1.21 bits per heavy atom. The number of hydrogen-bond donors (Lipinski definition) is 1. The van der Waals surface area contributed by atoms with Gasteiger partial charge in [-0.1, -0.05) is 23.2 Å². The maximum atomic E-state index is 13.3. The van der Waals surface area contributed by atoms with Crippen molar-refractivity contribution in [2.45, 2.75) is 6.92 Å². The van der Waals surface area contributed by atoms with Crippen LogP contribution in [0.15, 0.2) is 24.3 Å². The Labute approximate surface area is 119 Å². The summed E-state index contributed by atoms with van der Waals surface area (Å²) in [5.41, 5.74) is 1.67. The fraction of sp³-hybridized carbons (Fsp3) is 0.0769. The number of aromatic nitrogens is 1. The number of nitriles is 1. The highest BCUT2D eigenvalue weighted by Gasteiger charge is 2.08. The highest BCUT2D eigenvalue weighted by molar-refractivity contribution is 6.35. The number of aryl methyl sites for hydroxylation is 1. The largest absolute Gasteiger partial charge is 0.340 e. The minimum absolute atomic E-state index is 0.0804. The third kappa shape index (κ3) is 3.14. The van der Waals surface area contributed by atoms with Gasteiger partial charge >= 0.3 is 0 Å². The Hall–Kier alpha value is -1.83. The molecule has 1 aromatic carbocycles. The monoisotopic (exact) mass is 295 g/mol. The number of nitrogens with zero attached hydrogens (tertiary/aromatic N) is 2. The first-order valence-electron chi connectivity index (χ1n) is 5.30. The molecule has 19 heavy (non-hydrogen) atoms. The average molecular weight is 296 g/mol. The number of benzene rings is 1. The molecule has 0 aliphatic carbocycles. The number of rotatable bonds is 2. The standard InChI is InChI=1S/C13H8Cl2FN3/c1-7-2-8(6-17)3-12(18-7)19-9-4-10(14)13(16)11(15)5-9/h2-5H,1H3,(H,18,19). The minimum Gasteiger partial charge on any atom is -0.340 e. The number of nitrogens with one attached hydrogen (secondary N) is 1. The van der Waals surface area contributed by atoms with Crippen molar-refractivity contribution in [2.75, 3.05) is 5.32 Å². The van der Waals surface area contributed by atoms with Crippen molar-refractivity contribution in [3.05, 3.63) is 51.4 Å². The molecule has 1 N–H and O–H groups in total. The van der Waals surface area contributed by atoms with Crippen LogP contribution in [0, 0.1) is 24.1 Å². The molecule has 0 saturated carbocycles. The summed E-state index contributed by atoms with van der Waals surface area (Å²) in [4.78, 5) is 4.22. The van der Waals surface area contributed by atoms with E-state index in [4.69, 9.17) is 28.5 Å². The van der Waals surface area contributed by atoms with Crippen LogP contribution in [0.2, 0.25) is 10.0 Å². The Balaban J connectivity index is 2.36. The SMILES string of the molecule is Cc1cc(C#N)cc(Nc2cc(Cl)c(F)c(Cl)c2)n1. The van der Waals surface area contributed by atoms with Crippen molar-refractivity contribution < 1.29 is 4.39 Å². The van der Waals surface area contributed by atoms with E-state index in [0.717, 1.165) is 0 Å². The Bertz CT molecular complexity index is 657. The quantitative estimate of drug-likeness (QED) is 0.833. The first-order chi connectivity index (χ1) is 8.99. The normalized spacial score (nSPS) is 10.1. The number of anilines is 2. The van der Waals surface area contributed by atoms with Crippen LogP contribution >= 0.6 is 23.2 Å². The number of halogens is 3. The molecule has 1 heterocycles. The lowest BCUT2D eigenvalue weighted by Gasteiger charge is -2.08. The molecule has 0 spiro atoms. The van der Waals surface area contributed by atoms with E-state index in [9.17, 15) is 4.39 Å². The zero-order valence-corrected chi connectivity index (χ0v) is 11.3. The van der Waals surface area contributed by atoms with E-state index >= 15 is 0 Å². The molecule has 0 bridgehead atoms. The van der Waals surface area contributed by atoms with Crippen molar-refractivity contribution in [1.29, 1.82) is 5.26 Å². The molecule has 96 valence electrons. The third-order valence-electron chi connectivity index (χ3n) is 2.34. The summed E-state index contributed by atoms with van der Waals surface area (Å²) in [6, 6.07) is 8.08. The molecular formula is C13H8Cl2FN3. The fourth-order valence-electron chi connectivity index (χ4n) is 1.57. The molecular weight excluding hydrogens is 288 g/mol. The smallest absolute Gasteiger partial charge is 0.160 e. The van der Waals surface area contributed by atoms with Gasteiger partial charge in [-0.2, -0.15) is 5.26 Å². The van der Waals surface area contributed by atoms with Gasteiger partial charge in [0.1, 0.15) is 5.82 Å². The Morgan fingerprint density at radius 2 is 1.84 bits per heavy atom. The van der Waals surface area contributed by atoms with Crippen LogP contribution in [0.3, 0.4) is 0 Å². The summed E-state index contributed by atoms with van der Waals surface area (Å²) in [7, 11) is 0. The van der Waals surface area contributed by atoms with E-state index in [-0.39, 0.29) is 10.0 Å². The highest BCUT2D eigenvalue weighted by Crippen LogP contribution is 2.28. The highest BCUT2D eigenvalue weighted by atomic mass is 35.5. The Morgan fingerprint density at radius 3 is 2.42 bits per heavy atom. The number of pyridine rings is 1. The second-order valence-corrected chi connectivity index (χ2v) is 4.69. The zero-order chi connectivity index (χ0) is 14.0. The van der Waals surface area contributed by atoms with Gasteiger partial charge in [-0.05, 0) is 31.2 Å². The summed E-state index contributed by atoms with van der Waals surface area (Å²) < 4.78 is 13.3. The zero-order valence-electron chi connectivity index (χ0n) is 9.84. The minimum atomic E-state index is -0.663. The van der Waals surface area contributed by atoms with Gasteiger partial charge in [-0.15, -0.1) is 0 Å². The van der Waals surface area contributed by atoms with Crippen LogP contribution in [-0.2, 0) is 0 Å². The lowest BCUT2D eigenvalue weighted by molar-refractivity contribution is 0.629. The van der Waals surface area contributed by atoms with Gasteiger partial charge in [-0.25, -0.2) is 9.37 Å². The molecule has 0 fully saturated rings. The average Bonchev–Trinajstić information content (AvgIpc) is 2.35. The summed E-state index contributed by atoms with van der Waals surface area (Å²) >= 11 is 11.4. The second-order valence-electron chi connectivity index (χ2n) is 3.87. The molecule has 0 amide bonds. The van der Waals surface area contributed by atoms with Crippen molar-refractivity contribution >= 4 is 34.7 Å². The van der Waals surface area contributed by atoms with Gasteiger partial charge in [0.25, 0.3) is 0 Å². The Kier molecular flexibility index (Phi) is 3.89. The molecule has 6 heteroatoms. The lowest BCUT2D eigenvalue weighted by Crippen LogP contribution is -1.97. The summed E-state index contributed by atoms with van der Waals surface area (Å²) in [5, 5.41) is 11.6. The van der Waals surface area contributed by atoms with Gasteiger partial charge in [0.15, 0.2) is 5.82 Å².